The second-order valence-electron chi connectivity index (χ2n) is 4.36. The van der Waals surface area contributed by atoms with Gasteiger partial charge >= 0.3 is 5.97 Å². The normalized spacial score (nSPS) is 21.3. The molecule has 0 aromatic rings. The largest absolute Gasteiger partial charge is 0.494 e. The first kappa shape index (κ1) is 11.8. The van der Waals surface area contributed by atoms with Crippen LogP contribution in [0.3, 0.4) is 0 Å². The van der Waals surface area contributed by atoms with Gasteiger partial charge in [0.25, 0.3) is 5.91 Å². The summed E-state index contributed by atoms with van der Waals surface area (Å²) in [6.45, 7) is 0.766. The fraction of sp³-hybridized carbons (Fsp3) is 0.636. The number of hydrogen-bond donors (Lipinski definition) is 2. The number of carboxylic acids is 1. The second-order valence-corrected chi connectivity index (χ2v) is 4.36. The summed E-state index contributed by atoms with van der Waals surface area (Å²) in [4.78, 5) is 22.6. The lowest BCUT2D eigenvalue weighted by Crippen LogP contribution is -2.55. The maximum atomic E-state index is 11.8. The molecule has 2 aliphatic rings. The van der Waals surface area contributed by atoms with E-state index in [-0.39, 0.29) is 12.2 Å². The average molecular weight is 241 g/mol. The molecule has 94 valence electrons. The van der Waals surface area contributed by atoms with E-state index in [1.807, 2.05) is 0 Å². The van der Waals surface area contributed by atoms with E-state index in [0.717, 1.165) is 6.42 Å². The van der Waals surface area contributed by atoms with Crippen molar-refractivity contribution in [2.45, 2.75) is 31.2 Å². The summed E-state index contributed by atoms with van der Waals surface area (Å²) < 4.78 is 10.1. The maximum absolute atomic E-state index is 11.8. The highest BCUT2D eigenvalue weighted by Crippen LogP contribution is 2.35. The fourth-order valence-corrected chi connectivity index (χ4v) is 2.03. The summed E-state index contributed by atoms with van der Waals surface area (Å²) >= 11 is 0. The van der Waals surface area contributed by atoms with Crippen molar-refractivity contribution in [3.63, 3.8) is 0 Å². The fourth-order valence-electron chi connectivity index (χ4n) is 2.03. The van der Waals surface area contributed by atoms with E-state index in [1.54, 1.807) is 0 Å². The predicted molar refractivity (Wildman–Crippen MR) is 57.0 cm³/mol. The zero-order valence-electron chi connectivity index (χ0n) is 9.40. The van der Waals surface area contributed by atoms with Crippen molar-refractivity contribution in [3.8, 4) is 0 Å². The Balaban J connectivity index is 1.96. The lowest BCUT2D eigenvalue weighted by Gasteiger charge is -2.41. The summed E-state index contributed by atoms with van der Waals surface area (Å²) in [6.07, 6.45) is 3.54. The molecule has 0 saturated heterocycles. The number of carbonyl (C=O) groups excluding carboxylic acids is 1. The SMILES string of the molecule is O=C(O)CC1(NC(=O)C2=COCCO2)CCC1. The smallest absolute Gasteiger partial charge is 0.305 e. The molecule has 0 bridgehead atoms. The van der Waals surface area contributed by atoms with Gasteiger partial charge in [0.05, 0.1) is 12.0 Å². The van der Waals surface area contributed by atoms with Gasteiger partial charge in [-0.3, -0.25) is 9.59 Å². The van der Waals surface area contributed by atoms with Gasteiger partial charge in [-0.15, -0.1) is 0 Å². The van der Waals surface area contributed by atoms with Crippen LogP contribution in [0.15, 0.2) is 12.0 Å². The van der Waals surface area contributed by atoms with Crippen LogP contribution in [0.1, 0.15) is 25.7 Å². The van der Waals surface area contributed by atoms with Crippen LogP contribution in [-0.2, 0) is 19.1 Å². The second kappa shape index (κ2) is 4.65. The molecule has 1 heterocycles. The number of nitrogens with one attached hydrogen (secondary N) is 1. The van der Waals surface area contributed by atoms with E-state index in [0.29, 0.717) is 26.1 Å². The van der Waals surface area contributed by atoms with Crippen LogP contribution in [0.5, 0.6) is 0 Å². The molecule has 1 aliphatic carbocycles. The highest BCUT2D eigenvalue weighted by molar-refractivity contribution is 5.92. The Hall–Kier alpha value is -1.72. The molecule has 0 spiro atoms. The number of ether oxygens (including phenoxy) is 2. The van der Waals surface area contributed by atoms with Gasteiger partial charge in [-0.25, -0.2) is 0 Å². The van der Waals surface area contributed by atoms with Crippen LogP contribution < -0.4 is 5.32 Å². The summed E-state index contributed by atoms with van der Waals surface area (Å²) in [5.74, 6) is -1.18. The van der Waals surface area contributed by atoms with Crippen LogP contribution in [0.2, 0.25) is 0 Å². The minimum Gasteiger partial charge on any atom is -0.494 e. The third-order valence-electron chi connectivity index (χ3n) is 3.05. The highest BCUT2D eigenvalue weighted by atomic mass is 16.6. The summed E-state index contributed by atoms with van der Waals surface area (Å²) in [7, 11) is 0. The van der Waals surface area contributed by atoms with Crippen molar-refractivity contribution >= 4 is 11.9 Å². The molecule has 17 heavy (non-hydrogen) atoms. The molecule has 0 aromatic heterocycles. The highest BCUT2D eigenvalue weighted by Gasteiger charge is 2.41. The standard InChI is InChI=1S/C11H15NO5/c13-9(14)6-11(2-1-3-11)12-10(15)8-7-16-4-5-17-8/h7H,1-6H2,(H,12,15)(H,13,14). The number of amides is 1. The van der Waals surface area contributed by atoms with E-state index < -0.39 is 17.4 Å². The van der Waals surface area contributed by atoms with Gasteiger partial charge in [0.2, 0.25) is 5.76 Å². The van der Waals surface area contributed by atoms with Crippen LogP contribution in [0.25, 0.3) is 0 Å². The van der Waals surface area contributed by atoms with Gasteiger partial charge in [0, 0.05) is 0 Å². The third kappa shape index (κ3) is 2.69. The van der Waals surface area contributed by atoms with Gasteiger partial charge in [-0.05, 0) is 19.3 Å². The number of carboxylic acid groups (broad SMARTS) is 1. The first-order valence-electron chi connectivity index (χ1n) is 5.60. The van der Waals surface area contributed by atoms with E-state index in [2.05, 4.69) is 5.32 Å². The Morgan fingerprint density at radius 1 is 1.41 bits per heavy atom. The molecular formula is C11H15NO5. The summed E-state index contributed by atoms with van der Waals surface area (Å²) in [5, 5.41) is 11.6. The first-order chi connectivity index (χ1) is 8.11. The lowest BCUT2D eigenvalue weighted by atomic mass is 9.74. The molecule has 6 nitrogen and oxygen atoms in total. The van der Waals surface area contributed by atoms with Crippen LogP contribution in [0.4, 0.5) is 0 Å². The van der Waals surface area contributed by atoms with Crippen molar-refractivity contribution in [2.24, 2.45) is 0 Å². The average Bonchev–Trinajstić information content (AvgIpc) is 2.26. The monoisotopic (exact) mass is 241 g/mol. The Morgan fingerprint density at radius 2 is 2.18 bits per heavy atom. The minimum absolute atomic E-state index is 0.0487. The molecule has 1 aliphatic heterocycles. The zero-order chi connectivity index (χ0) is 12.3. The van der Waals surface area contributed by atoms with E-state index in [1.165, 1.54) is 6.26 Å². The number of rotatable bonds is 4. The molecule has 0 atom stereocenters. The van der Waals surface area contributed by atoms with Gasteiger partial charge in [-0.2, -0.15) is 0 Å². The summed E-state index contributed by atoms with van der Waals surface area (Å²) in [6, 6.07) is 0. The molecule has 1 amide bonds. The molecule has 1 fully saturated rings. The molecule has 0 radical (unpaired) electrons. The molecule has 0 unspecified atom stereocenters. The van der Waals surface area contributed by atoms with Crippen molar-refractivity contribution in [3.05, 3.63) is 12.0 Å². The van der Waals surface area contributed by atoms with Crippen molar-refractivity contribution in [1.29, 1.82) is 0 Å². The Morgan fingerprint density at radius 3 is 2.65 bits per heavy atom. The molecule has 2 N–H and O–H groups in total. The lowest BCUT2D eigenvalue weighted by molar-refractivity contribution is -0.140. The topological polar surface area (TPSA) is 84.9 Å². The number of carbonyl (C=O) groups is 2. The maximum Gasteiger partial charge on any atom is 0.305 e. The van der Waals surface area contributed by atoms with Gasteiger partial charge in [0.1, 0.15) is 19.5 Å². The molecule has 1 saturated carbocycles. The molecule has 6 heteroatoms. The number of hydrogen-bond acceptors (Lipinski definition) is 4. The molecule has 0 aromatic carbocycles. The quantitative estimate of drug-likeness (QED) is 0.743. The van der Waals surface area contributed by atoms with E-state index in [9.17, 15) is 9.59 Å². The number of aliphatic carboxylic acids is 1. The Kier molecular flexibility index (Phi) is 3.21. The van der Waals surface area contributed by atoms with Gasteiger partial charge in [0.15, 0.2) is 0 Å². The molecular weight excluding hydrogens is 226 g/mol. The summed E-state index contributed by atoms with van der Waals surface area (Å²) in [5.41, 5.74) is -0.607. The van der Waals surface area contributed by atoms with Gasteiger partial charge in [-0.1, -0.05) is 0 Å². The van der Waals surface area contributed by atoms with Crippen molar-refractivity contribution in [1.82, 2.24) is 5.32 Å². The minimum atomic E-state index is -0.903. The first-order valence-corrected chi connectivity index (χ1v) is 5.60. The molecule has 2 rings (SSSR count). The Bertz CT molecular complexity index is 359. The zero-order valence-corrected chi connectivity index (χ0v) is 9.40. The van der Waals surface area contributed by atoms with Crippen molar-refractivity contribution < 1.29 is 24.2 Å². The Labute approximate surface area is 98.6 Å². The van der Waals surface area contributed by atoms with Crippen molar-refractivity contribution in [2.75, 3.05) is 13.2 Å². The predicted octanol–water partition coefficient (Wildman–Crippen LogP) is 0.388. The van der Waals surface area contributed by atoms with Crippen LogP contribution in [0, 0.1) is 0 Å². The van der Waals surface area contributed by atoms with Crippen LogP contribution >= 0.6 is 0 Å². The van der Waals surface area contributed by atoms with E-state index >= 15 is 0 Å². The van der Waals surface area contributed by atoms with Crippen LogP contribution in [-0.4, -0.2) is 35.7 Å². The third-order valence-corrected chi connectivity index (χ3v) is 3.05. The van der Waals surface area contributed by atoms with E-state index in [4.69, 9.17) is 14.6 Å². The van der Waals surface area contributed by atoms with Gasteiger partial charge < -0.3 is 19.9 Å².